The van der Waals surface area contributed by atoms with Crippen LogP contribution < -0.4 is 10.6 Å². The van der Waals surface area contributed by atoms with Crippen LogP contribution in [0.2, 0.25) is 0 Å². The molecule has 1 saturated carbocycles. The van der Waals surface area contributed by atoms with Crippen molar-refractivity contribution in [3.63, 3.8) is 0 Å². The van der Waals surface area contributed by atoms with Gasteiger partial charge in [0.1, 0.15) is 5.54 Å². The van der Waals surface area contributed by atoms with Gasteiger partial charge in [0.2, 0.25) is 11.8 Å². The highest BCUT2D eigenvalue weighted by Crippen LogP contribution is 2.37. The first-order valence-electron chi connectivity index (χ1n) is 6.85. The highest BCUT2D eigenvalue weighted by atomic mass is 35.5. The molecule has 0 radical (unpaired) electrons. The van der Waals surface area contributed by atoms with Crippen molar-refractivity contribution in [1.82, 2.24) is 20.8 Å². The summed E-state index contributed by atoms with van der Waals surface area (Å²) < 4.78 is 5.07. The quantitative estimate of drug-likeness (QED) is 0.862. The minimum atomic E-state index is -0.434. The summed E-state index contributed by atoms with van der Waals surface area (Å²) in [7, 11) is 1.84. The summed E-state index contributed by atoms with van der Waals surface area (Å²) in [4.78, 5) is 16.6. The van der Waals surface area contributed by atoms with Crippen LogP contribution in [-0.4, -0.2) is 29.6 Å². The molecule has 0 aromatic carbocycles. The summed E-state index contributed by atoms with van der Waals surface area (Å²) in [6.45, 7) is 4.34. The molecule has 7 heteroatoms. The van der Waals surface area contributed by atoms with E-state index >= 15 is 0 Å². The molecular formula is C13H23ClN4O2. The van der Waals surface area contributed by atoms with Crippen LogP contribution in [0.3, 0.4) is 0 Å². The van der Waals surface area contributed by atoms with Gasteiger partial charge in [0.25, 0.3) is 0 Å². The number of rotatable bonds is 5. The molecule has 1 fully saturated rings. The third kappa shape index (κ3) is 3.49. The molecule has 2 N–H and O–H groups in total. The zero-order valence-electron chi connectivity index (χ0n) is 12.2. The van der Waals surface area contributed by atoms with Crippen LogP contribution in [0.1, 0.15) is 44.3 Å². The van der Waals surface area contributed by atoms with Crippen LogP contribution in [0, 0.1) is 12.8 Å². The van der Waals surface area contributed by atoms with Crippen LogP contribution in [0.25, 0.3) is 0 Å². The van der Waals surface area contributed by atoms with Gasteiger partial charge >= 0.3 is 0 Å². The van der Waals surface area contributed by atoms with Gasteiger partial charge in [0.05, 0.1) is 0 Å². The first kappa shape index (κ1) is 16.9. The number of carbonyl (C=O) groups excluding carboxylic acids is 1. The lowest BCUT2D eigenvalue weighted by Gasteiger charge is -2.28. The van der Waals surface area contributed by atoms with Crippen molar-refractivity contribution in [2.75, 3.05) is 13.6 Å². The highest BCUT2D eigenvalue weighted by Gasteiger charge is 2.41. The molecule has 0 saturated heterocycles. The summed E-state index contributed by atoms with van der Waals surface area (Å²) in [5.74, 6) is 1.13. The van der Waals surface area contributed by atoms with E-state index in [1.54, 1.807) is 6.92 Å². The monoisotopic (exact) mass is 302 g/mol. The fourth-order valence-electron chi connectivity index (χ4n) is 2.63. The van der Waals surface area contributed by atoms with Crippen molar-refractivity contribution in [1.29, 1.82) is 0 Å². The summed E-state index contributed by atoms with van der Waals surface area (Å²) in [5, 5.41) is 10.2. The molecule has 1 aromatic heterocycles. The maximum atomic E-state index is 12.2. The second-order valence-corrected chi connectivity index (χ2v) is 5.37. The molecule has 6 nitrogen and oxygen atoms in total. The maximum Gasteiger partial charge on any atom is 0.224 e. The molecule has 1 aliphatic rings. The Morgan fingerprint density at radius 2 is 2.10 bits per heavy atom. The Labute approximate surface area is 125 Å². The van der Waals surface area contributed by atoms with Gasteiger partial charge in [-0.3, -0.25) is 4.79 Å². The largest absolute Gasteiger partial charge is 0.343 e. The molecule has 114 valence electrons. The number of aromatic nitrogens is 2. The molecule has 1 amide bonds. The lowest BCUT2D eigenvalue weighted by molar-refractivity contribution is -0.126. The van der Waals surface area contributed by atoms with Gasteiger partial charge in [0.15, 0.2) is 5.82 Å². The number of carbonyl (C=O) groups is 1. The number of halogens is 1. The van der Waals surface area contributed by atoms with E-state index in [4.69, 9.17) is 4.52 Å². The topological polar surface area (TPSA) is 80.0 Å². The first-order chi connectivity index (χ1) is 9.07. The molecular weight excluding hydrogens is 280 g/mol. The molecule has 1 unspecified atom stereocenters. The van der Waals surface area contributed by atoms with E-state index in [1.807, 2.05) is 14.0 Å². The number of hydrogen-bond donors (Lipinski definition) is 2. The van der Waals surface area contributed by atoms with Crippen molar-refractivity contribution in [2.24, 2.45) is 5.92 Å². The van der Waals surface area contributed by atoms with Crippen LogP contribution in [0.15, 0.2) is 4.52 Å². The molecule has 0 spiro atoms. The van der Waals surface area contributed by atoms with Gasteiger partial charge in [0, 0.05) is 19.4 Å². The van der Waals surface area contributed by atoms with Crippen LogP contribution in [0.4, 0.5) is 0 Å². The number of amides is 1. The molecule has 0 aliphatic heterocycles. The van der Waals surface area contributed by atoms with Gasteiger partial charge in [-0.2, -0.15) is 4.98 Å². The molecule has 1 atom stereocenters. The van der Waals surface area contributed by atoms with Gasteiger partial charge < -0.3 is 15.2 Å². The highest BCUT2D eigenvalue weighted by molar-refractivity contribution is 5.85. The lowest BCUT2D eigenvalue weighted by Crippen LogP contribution is -2.48. The maximum absolute atomic E-state index is 12.2. The van der Waals surface area contributed by atoms with Gasteiger partial charge in [-0.05, 0) is 19.9 Å². The van der Waals surface area contributed by atoms with E-state index in [1.165, 1.54) is 0 Å². The normalized spacial score (nSPS) is 18.4. The second-order valence-electron chi connectivity index (χ2n) is 5.37. The third-order valence-electron chi connectivity index (χ3n) is 3.73. The summed E-state index contributed by atoms with van der Waals surface area (Å²) in [6, 6.07) is 0. The fraction of sp³-hybridized carbons (Fsp3) is 0.769. The minimum Gasteiger partial charge on any atom is -0.343 e. The number of nitrogens with one attached hydrogen (secondary N) is 2. The van der Waals surface area contributed by atoms with E-state index < -0.39 is 5.54 Å². The predicted molar refractivity (Wildman–Crippen MR) is 77.7 cm³/mol. The van der Waals surface area contributed by atoms with E-state index in [0.29, 0.717) is 18.3 Å². The van der Waals surface area contributed by atoms with Crippen molar-refractivity contribution in [2.45, 2.75) is 45.1 Å². The number of nitrogens with zero attached hydrogens (tertiary/aromatic N) is 2. The Hall–Kier alpha value is -1.14. The molecule has 1 heterocycles. The Morgan fingerprint density at radius 3 is 2.60 bits per heavy atom. The number of aryl methyl sites for hydroxylation is 1. The Bertz CT molecular complexity index is 443. The molecule has 1 aliphatic carbocycles. The van der Waals surface area contributed by atoms with Crippen molar-refractivity contribution in [3.8, 4) is 0 Å². The Balaban J connectivity index is 0.00000200. The summed E-state index contributed by atoms with van der Waals surface area (Å²) in [5.41, 5.74) is -0.434. The zero-order valence-corrected chi connectivity index (χ0v) is 13.0. The predicted octanol–water partition coefficient (Wildman–Crippen LogP) is 1.54. The van der Waals surface area contributed by atoms with Gasteiger partial charge in [-0.1, -0.05) is 24.9 Å². The third-order valence-corrected chi connectivity index (χ3v) is 3.73. The average Bonchev–Trinajstić information content (AvgIpc) is 2.99. The smallest absolute Gasteiger partial charge is 0.224 e. The lowest BCUT2D eigenvalue weighted by atomic mass is 9.95. The molecule has 20 heavy (non-hydrogen) atoms. The summed E-state index contributed by atoms with van der Waals surface area (Å²) >= 11 is 0. The van der Waals surface area contributed by atoms with E-state index in [-0.39, 0.29) is 24.2 Å². The van der Waals surface area contributed by atoms with Crippen molar-refractivity contribution >= 4 is 18.3 Å². The standard InChI is InChI=1S/C13H22N4O2.ClH/c1-9(8-14-3)11(18)16-13(6-4-5-7-13)12-15-10(2)19-17-12;/h9,14H,4-8H2,1-3H3,(H,16,18);1H. The van der Waals surface area contributed by atoms with Gasteiger partial charge in [-0.25, -0.2) is 0 Å². The van der Waals surface area contributed by atoms with Crippen LogP contribution in [-0.2, 0) is 10.3 Å². The zero-order chi connectivity index (χ0) is 13.9. The fourth-order valence-corrected chi connectivity index (χ4v) is 2.63. The van der Waals surface area contributed by atoms with Crippen LogP contribution in [0.5, 0.6) is 0 Å². The van der Waals surface area contributed by atoms with E-state index in [9.17, 15) is 4.79 Å². The molecule has 0 bridgehead atoms. The molecule has 1 aromatic rings. The van der Waals surface area contributed by atoms with Crippen LogP contribution >= 0.6 is 12.4 Å². The van der Waals surface area contributed by atoms with Gasteiger partial charge in [-0.15, -0.1) is 12.4 Å². The number of hydrogen-bond acceptors (Lipinski definition) is 5. The first-order valence-corrected chi connectivity index (χ1v) is 6.85. The minimum absolute atomic E-state index is 0. The van der Waals surface area contributed by atoms with Crippen molar-refractivity contribution < 1.29 is 9.32 Å². The average molecular weight is 303 g/mol. The Kier molecular flexibility index (Phi) is 5.95. The Morgan fingerprint density at radius 1 is 1.45 bits per heavy atom. The van der Waals surface area contributed by atoms with E-state index in [0.717, 1.165) is 25.7 Å². The molecule has 2 rings (SSSR count). The van der Waals surface area contributed by atoms with Crippen molar-refractivity contribution in [3.05, 3.63) is 11.7 Å². The summed E-state index contributed by atoms with van der Waals surface area (Å²) in [6.07, 6.45) is 3.91. The second kappa shape index (κ2) is 7.04. The SMILES string of the molecule is CNCC(C)C(=O)NC1(c2noc(C)n2)CCCC1.Cl. The van der Waals surface area contributed by atoms with E-state index in [2.05, 4.69) is 20.8 Å².